The van der Waals surface area contributed by atoms with Crippen LogP contribution in [0.2, 0.25) is 0 Å². The molecule has 1 aliphatic rings. The number of aromatic nitrogens is 3. The van der Waals surface area contributed by atoms with Gasteiger partial charge in [-0.05, 0) is 45.0 Å². The van der Waals surface area contributed by atoms with Crippen LogP contribution >= 0.6 is 11.8 Å². The van der Waals surface area contributed by atoms with Gasteiger partial charge in [0.15, 0.2) is 11.0 Å². The summed E-state index contributed by atoms with van der Waals surface area (Å²) in [6, 6.07) is 7.73. The minimum absolute atomic E-state index is 0.0728. The average Bonchev–Trinajstić information content (AvgIpc) is 3.08. The highest BCUT2D eigenvalue weighted by Gasteiger charge is 2.26. The molecule has 1 aliphatic heterocycles. The van der Waals surface area contributed by atoms with Crippen LogP contribution in [0.4, 0.5) is 0 Å². The van der Waals surface area contributed by atoms with Crippen molar-refractivity contribution in [2.45, 2.75) is 44.7 Å². The molecule has 27 heavy (non-hydrogen) atoms. The van der Waals surface area contributed by atoms with E-state index in [1.54, 1.807) is 7.11 Å². The lowest BCUT2D eigenvalue weighted by molar-refractivity contribution is -0.140. The second kappa shape index (κ2) is 8.75. The Morgan fingerprint density at radius 2 is 1.89 bits per heavy atom. The van der Waals surface area contributed by atoms with E-state index in [-0.39, 0.29) is 18.1 Å². The molecule has 1 aromatic carbocycles. The molecule has 3 rings (SSSR count). The van der Waals surface area contributed by atoms with Crippen molar-refractivity contribution >= 4 is 17.7 Å². The molecule has 2 aromatic rings. The molecule has 0 radical (unpaired) electrons. The normalized spacial score (nSPS) is 19.9. The molecule has 0 saturated carbocycles. The van der Waals surface area contributed by atoms with E-state index in [2.05, 4.69) is 10.2 Å². The van der Waals surface area contributed by atoms with Crippen LogP contribution in [0.25, 0.3) is 11.4 Å². The number of amides is 1. The Kier molecular flexibility index (Phi) is 6.38. The summed E-state index contributed by atoms with van der Waals surface area (Å²) in [4.78, 5) is 14.5. The molecule has 0 aliphatic carbocycles. The summed E-state index contributed by atoms with van der Waals surface area (Å²) in [5.41, 5.74) is 0.971. The van der Waals surface area contributed by atoms with Crippen molar-refractivity contribution in [3.8, 4) is 17.1 Å². The van der Waals surface area contributed by atoms with E-state index < -0.39 is 0 Å². The van der Waals surface area contributed by atoms with Crippen molar-refractivity contribution in [1.29, 1.82) is 0 Å². The molecular formula is C19H26N4O3S. The van der Waals surface area contributed by atoms with Crippen LogP contribution in [0.3, 0.4) is 0 Å². The zero-order chi connectivity index (χ0) is 19.4. The summed E-state index contributed by atoms with van der Waals surface area (Å²) in [6.07, 6.45) is 0.146. The molecule has 2 atom stereocenters. The highest BCUT2D eigenvalue weighted by molar-refractivity contribution is 7.99. The lowest BCUT2D eigenvalue weighted by atomic mass is 10.2. The van der Waals surface area contributed by atoms with Crippen LogP contribution in [-0.4, -0.2) is 63.7 Å². The molecular weight excluding hydrogens is 364 g/mol. The van der Waals surface area contributed by atoms with Crippen LogP contribution in [0, 0.1) is 0 Å². The minimum atomic E-state index is 0.0728. The number of methoxy groups -OCH3 is 1. The van der Waals surface area contributed by atoms with Gasteiger partial charge in [-0.25, -0.2) is 0 Å². The van der Waals surface area contributed by atoms with E-state index in [9.17, 15) is 4.79 Å². The number of morpholine rings is 1. The lowest BCUT2D eigenvalue weighted by Crippen LogP contribution is -2.48. The summed E-state index contributed by atoms with van der Waals surface area (Å²) in [5.74, 6) is 2.05. The first kappa shape index (κ1) is 19.7. The van der Waals surface area contributed by atoms with Gasteiger partial charge in [0.1, 0.15) is 5.75 Å². The Balaban J connectivity index is 1.68. The number of ether oxygens (including phenoxy) is 2. The molecule has 1 saturated heterocycles. The van der Waals surface area contributed by atoms with Gasteiger partial charge in [0, 0.05) is 25.2 Å². The van der Waals surface area contributed by atoms with Gasteiger partial charge in [0.25, 0.3) is 0 Å². The smallest absolute Gasteiger partial charge is 0.233 e. The maximum atomic E-state index is 12.6. The number of hydrogen-bond donors (Lipinski definition) is 0. The second-order valence-corrected chi connectivity index (χ2v) is 7.57. The zero-order valence-corrected chi connectivity index (χ0v) is 17.0. The molecule has 0 unspecified atom stereocenters. The predicted molar refractivity (Wildman–Crippen MR) is 105 cm³/mol. The highest BCUT2D eigenvalue weighted by Crippen LogP contribution is 2.26. The summed E-state index contributed by atoms with van der Waals surface area (Å²) in [6.45, 7) is 8.06. The van der Waals surface area contributed by atoms with Gasteiger partial charge in [0.05, 0.1) is 25.1 Å². The van der Waals surface area contributed by atoms with Crippen LogP contribution in [0.5, 0.6) is 5.75 Å². The Morgan fingerprint density at radius 1 is 1.22 bits per heavy atom. The lowest BCUT2D eigenvalue weighted by Gasteiger charge is -2.35. The number of carbonyl (C=O) groups is 1. The van der Waals surface area contributed by atoms with Gasteiger partial charge in [-0.1, -0.05) is 11.8 Å². The predicted octanol–water partition coefficient (Wildman–Crippen LogP) is 2.70. The van der Waals surface area contributed by atoms with Crippen molar-refractivity contribution in [2.75, 3.05) is 26.0 Å². The van der Waals surface area contributed by atoms with Gasteiger partial charge in [0.2, 0.25) is 5.91 Å². The summed E-state index contributed by atoms with van der Waals surface area (Å²) in [5, 5.41) is 9.39. The van der Waals surface area contributed by atoms with E-state index in [1.165, 1.54) is 11.8 Å². The monoisotopic (exact) mass is 390 g/mol. The fourth-order valence-corrected chi connectivity index (χ4v) is 4.14. The first-order chi connectivity index (χ1) is 13.0. The van der Waals surface area contributed by atoms with Crippen molar-refractivity contribution < 1.29 is 14.3 Å². The van der Waals surface area contributed by atoms with Crippen molar-refractivity contribution in [3.63, 3.8) is 0 Å². The number of benzene rings is 1. The third kappa shape index (κ3) is 4.62. The molecule has 0 bridgehead atoms. The first-order valence-electron chi connectivity index (χ1n) is 9.15. The largest absolute Gasteiger partial charge is 0.497 e. The van der Waals surface area contributed by atoms with Crippen LogP contribution in [0.1, 0.15) is 20.8 Å². The standard InChI is InChI=1S/C19H26N4O3S/c1-5-23-18(15-6-8-16(25-4)9-7-15)20-21-19(23)27-12-17(24)22-10-13(2)26-14(3)11-22/h6-9,13-14H,5,10-12H2,1-4H3/t13-,14-/m1/s1. The van der Waals surface area contributed by atoms with E-state index >= 15 is 0 Å². The maximum Gasteiger partial charge on any atom is 0.233 e. The molecule has 0 N–H and O–H groups in total. The van der Waals surface area contributed by atoms with Gasteiger partial charge in [-0.3, -0.25) is 4.79 Å². The molecule has 1 amide bonds. The highest BCUT2D eigenvalue weighted by atomic mass is 32.2. The van der Waals surface area contributed by atoms with E-state index in [0.717, 1.165) is 28.8 Å². The third-order valence-corrected chi connectivity index (χ3v) is 5.43. The minimum Gasteiger partial charge on any atom is -0.497 e. The van der Waals surface area contributed by atoms with Crippen molar-refractivity contribution in [3.05, 3.63) is 24.3 Å². The topological polar surface area (TPSA) is 69.5 Å². The number of hydrogen-bond acceptors (Lipinski definition) is 6. The SMILES string of the molecule is CCn1c(SCC(=O)N2C[C@@H](C)O[C@H](C)C2)nnc1-c1ccc(OC)cc1. The fourth-order valence-electron chi connectivity index (χ4n) is 3.23. The summed E-state index contributed by atoms with van der Waals surface area (Å²) >= 11 is 1.43. The van der Waals surface area contributed by atoms with Crippen LogP contribution in [0.15, 0.2) is 29.4 Å². The molecule has 2 heterocycles. The van der Waals surface area contributed by atoms with Crippen LogP contribution in [-0.2, 0) is 16.1 Å². The van der Waals surface area contributed by atoms with Crippen molar-refractivity contribution in [2.24, 2.45) is 0 Å². The first-order valence-corrected chi connectivity index (χ1v) is 10.1. The third-order valence-electron chi connectivity index (χ3n) is 4.48. The summed E-state index contributed by atoms with van der Waals surface area (Å²) in [7, 11) is 1.64. The van der Waals surface area contributed by atoms with Gasteiger partial charge in [-0.15, -0.1) is 10.2 Å². The summed E-state index contributed by atoms with van der Waals surface area (Å²) < 4.78 is 12.9. The Hall–Kier alpha value is -2.06. The number of rotatable bonds is 6. The van der Waals surface area contributed by atoms with E-state index in [4.69, 9.17) is 9.47 Å². The zero-order valence-electron chi connectivity index (χ0n) is 16.2. The quantitative estimate of drug-likeness (QED) is 0.707. The maximum absolute atomic E-state index is 12.6. The Labute approximate surface area is 164 Å². The van der Waals surface area contributed by atoms with Gasteiger partial charge >= 0.3 is 0 Å². The molecule has 8 heteroatoms. The number of carbonyl (C=O) groups excluding carboxylic acids is 1. The molecule has 1 aromatic heterocycles. The average molecular weight is 391 g/mol. The molecule has 0 spiro atoms. The van der Waals surface area contributed by atoms with Crippen molar-refractivity contribution in [1.82, 2.24) is 19.7 Å². The Morgan fingerprint density at radius 3 is 2.48 bits per heavy atom. The number of thioether (sulfide) groups is 1. The second-order valence-electron chi connectivity index (χ2n) is 6.62. The number of nitrogens with zero attached hydrogens (tertiary/aromatic N) is 4. The Bertz CT molecular complexity index is 768. The molecule has 1 fully saturated rings. The molecule has 146 valence electrons. The molecule has 7 nitrogen and oxygen atoms in total. The van der Waals surface area contributed by atoms with E-state index in [0.29, 0.717) is 18.8 Å². The van der Waals surface area contributed by atoms with Crippen LogP contribution < -0.4 is 4.74 Å². The van der Waals surface area contributed by atoms with Gasteiger partial charge < -0.3 is 18.9 Å². The van der Waals surface area contributed by atoms with E-state index in [1.807, 2.05) is 54.5 Å². The van der Waals surface area contributed by atoms with Gasteiger partial charge in [-0.2, -0.15) is 0 Å². The fraction of sp³-hybridized carbons (Fsp3) is 0.526.